The van der Waals surface area contributed by atoms with E-state index in [0.29, 0.717) is 26.9 Å². The van der Waals surface area contributed by atoms with Crippen molar-refractivity contribution in [2.75, 3.05) is 11.5 Å². The van der Waals surface area contributed by atoms with Crippen LogP contribution in [0, 0.1) is 12.1 Å². The topological polar surface area (TPSA) is 165 Å². The number of aromatic nitrogens is 2. The molecule has 4 rings (SSSR count). The predicted octanol–water partition coefficient (Wildman–Crippen LogP) is 2.18. The number of aliphatic carboxylic acids is 1. The molecular weight excluding hydrogens is 579 g/mol. The van der Waals surface area contributed by atoms with Gasteiger partial charge in [-0.1, -0.05) is 16.6 Å². The molecule has 0 aliphatic carbocycles. The van der Waals surface area contributed by atoms with E-state index >= 15 is 0 Å². The van der Waals surface area contributed by atoms with Gasteiger partial charge in [0.25, 0.3) is 5.91 Å². The molecule has 2 atom stereocenters. The van der Waals surface area contributed by atoms with Crippen LogP contribution in [0.15, 0.2) is 40.6 Å². The second-order valence-corrected chi connectivity index (χ2v) is 13.4. The fourth-order valence-corrected chi connectivity index (χ4v) is 7.25. The Balaban J connectivity index is 1.32. The highest BCUT2D eigenvalue weighted by molar-refractivity contribution is 8.01. The molecule has 40 heavy (non-hydrogen) atoms. The minimum Gasteiger partial charge on any atom is -0.594 e. The summed E-state index contributed by atoms with van der Waals surface area (Å²) in [5.41, 5.74) is 0.299. The highest BCUT2D eigenvalue weighted by Gasteiger charge is 2.54. The Hall–Kier alpha value is -3.30. The molecule has 0 saturated carbocycles. The predicted molar refractivity (Wildman–Crippen MR) is 149 cm³/mol. The molecular formula is C25H29N5O7S3. The number of nitrogens with one attached hydrogen (secondary N) is 2. The summed E-state index contributed by atoms with van der Waals surface area (Å²) in [6.07, 6.45) is -0.484. The molecule has 3 N–H and O–H groups in total. The van der Waals surface area contributed by atoms with E-state index in [9.17, 15) is 29.5 Å². The summed E-state index contributed by atoms with van der Waals surface area (Å²) in [4.78, 5) is 52.9. The van der Waals surface area contributed by atoms with E-state index in [1.165, 1.54) is 39.8 Å². The summed E-state index contributed by atoms with van der Waals surface area (Å²) in [5, 5.41) is 30.8. The average molecular weight is 608 g/mol. The second kappa shape index (κ2) is 12.1. The lowest BCUT2D eigenvalue weighted by molar-refractivity contribution is -0.679. The average Bonchev–Trinajstić information content (AvgIpc) is 3.32. The van der Waals surface area contributed by atoms with Crippen LogP contribution in [0.25, 0.3) is 0 Å². The van der Waals surface area contributed by atoms with Crippen LogP contribution in [-0.2, 0) is 32.1 Å². The summed E-state index contributed by atoms with van der Waals surface area (Å²) in [5.74, 6) is -1.45. The molecule has 0 spiro atoms. The van der Waals surface area contributed by atoms with Gasteiger partial charge in [-0.25, -0.2) is 9.59 Å². The van der Waals surface area contributed by atoms with Gasteiger partial charge in [0.1, 0.15) is 22.7 Å². The summed E-state index contributed by atoms with van der Waals surface area (Å²) in [6.45, 7) is 7.22. The minimum atomic E-state index is -1.22. The SMILES string of the molecule is Cc1ccc(SCC2=C(C(=O)O)N3C(=O)[C@@H](NC(=O)Cc4ccc(CNC(=O)OC(C)(C)C)s4)[C@@H]3SC2)n[n+]1[O-]. The third kappa shape index (κ3) is 7.06. The van der Waals surface area contributed by atoms with Crippen molar-refractivity contribution in [3.8, 4) is 0 Å². The zero-order valence-electron chi connectivity index (χ0n) is 22.3. The van der Waals surface area contributed by atoms with Crippen molar-refractivity contribution in [2.24, 2.45) is 0 Å². The number of rotatable bonds is 9. The molecule has 214 valence electrons. The van der Waals surface area contributed by atoms with Gasteiger partial charge in [0.05, 0.1) is 13.0 Å². The van der Waals surface area contributed by atoms with Crippen molar-refractivity contribution >= 4 is 58.7 Å². The maximum atomic E-state index is 12.9. The lowest BCUT2D eigenvalue weighted by atomic mass is 10.0. The van der Waals surface area contributed by atoms with Gasteiger partial charge in [0.2, 0.25) is 11.6 Å². The number of amides is 3. The van der Waals surface area contributed by atoms with Gasteiger partial charge in [-0.2, -0.15) is 0 Å². The third-order valence-corrected chi connectivity index (χ3v) is 9.21. The van der Waals surface area contributed by atoms with Gasteiger partial charge >= 0.3 is 12.1 Å². The normalized spacial score (nSPS) is 18.6. The first-order valence-corrected chi connectivity index (χ1v) is 15.1. The maximum absolute atomic E-state index is 12.9. The van der Waals surface area contributed by atoms with Gasteiger partial charge in [-0.3, -0.25) is 14.5 Å². The zero-order chi connectivity index (χ0) is 29.2. The van der Waals surface area contributed by atoms with Crippen LogP contribution in [0.3, 0.4) is 0 Å². The number of alkyl carbamates (subject to hydrolysis) is 1. The molecule has 0 bridgehead atoms. The summed E-state index contributed by atoms with van der Waals surface area (Å²) >= 11 is 3.96. The van der Waals surface area contributed by atoms with Crippen molar-refractivity contribution in [2.45, 2.75) is 62.7 Å². The number of thioether (sulfide) groups is 2. The number of thiophene rings is 1. The van der Waals surface area contributed by atoms with Crippen LogP contribution in [0.2, 0.25) is 0 Å². The number of β-lactam (4-membered cyclic amide) rings is 1. The number of carbonyl (C=O) groups is 4. The van der Waals surface area contributed by atoms with Gasteiger partial charge in [-0.15, -0.1) is 23.1 Å². The Kier molecular flexibility index (Phi) is 8.95. The first-order valence-electron chi connectivity index (χ1n) is 12.3. The molecule has 4 heterocycles. The van der Waals surface area contributed by atoms with Crippen LogP contribution in [0.5, 0.6) is 0 Å². The first kappa shape index (κ1) is 29.7. The van der Waals surface area contributed by atoms with Crippen molar-refractivity contribution in [1.82, 2.24) is 20.6 Å². The second-order valence-electron chi connectivity index (χ2n) is 10.1. The minimum absolute atomic E-state index is 0.0467. The zero-order valence-corrected chi connectivity index (χ0v) is 24.7. The number of fused-ring (bicyclic) bond motifs is 1. The molecule has 3 amide bonds. The molecule has 15 heteroatoms. The Labute approximate surface area is 243 Å². The molecule has 2 aliphatic heterocycles. The first-order chi connectivity index (χ1) is 18.8. The number of hydrogen-bond acceptors (Lipinski definition) is 10. The summed E-state index contributed by atoms with van der Waals surface area (Å²) in [6, 6.07) is 6.08. The van der Waals surface area contributed by atoms with Crippen molar-refractivity contribution in [1.29, 1.82) is 0 Å². The molecule has 0 unspecified atom stereocenters. The molecule has 2 aromatic rings. The molecule has 2 aromatic heterocycles. The number of aryl methyl sites for hydroxylation is 1. The van der Waals surface area contributed by atoms with E-state index < -0.39 is 35.0 Å². The van der Waals surface area contributed by atoms with E-state index in [0.717, 1.165) is 9.75 Å². The lowest BCUT2D eigenvalue weighted by Crippen LogP contribution is -2.70. The molecule has 0 aromatic carbocycles. The van der Waals surface area contributed by atoms with Crippen molar-refractivity contribution < 1.29 is 33.9 Å². The van der Waals surface area contributed by atoms with Crippen molar-refractivity contribution in [3.05, 3.63) is 56.2 Å². The number of hydrogen-bond donors (Lipinski definition) is 3. The largest absolute Gasteiger partial charge is 0.594 e. The van der Waals surface area contributed by atoms with Crippen molar-refractivity contribution in [3.63, 3.8) is 0 Å². The smallest absolute Gasteiger partial charge is 0.407 e. The van der Waals surface area contributed by atoms with Crippen LogP contribution in [-0.4, -0.2) is 67.5 Å². The fourth-order valence-electron chi connectivity index (χ4n) is 3.96. The molecule has 0 radical (unpaired) electrons. The molecule has 2 aliphatic rings. The number of carboxylic acid groups (broad SMARTS) is 1. The quantitative estimate of drug-likeness (QED) is 0.167. The Bertz CT molecular complexity index is 1370. The summed E-state index contributed by atoms with van der Waals surface area (Å²) in [7, 11) is 0. The number of carboxylic acids is 1. The van der Waals surface area contributed by atoms with E-state index in [1.54, 1.807) is 45.9 Å². The Morgan fingerprint density at radius 1 is 1.25 bits per heavy atom. The maximum Gasteiger partial charge on any atom is 0.407 e. The van der Waals surface area contributed by atoms with E-state index in [-0.39, 0.29) is 30.3 Å². The van der Waals surface area contributed by atoms with Crippen LogP contribution in [0.1, 0.15) is 36.2 Å². The monoisotopic (exact) mass is 607 g/mol. The van der Waals surface area contributed by atoms with E-state index in [1.807, 2.05) is 6.07 Å². The Morgan fingerprint density at radius 3 is 2.65 bits per heavy atom. The van der Waals surface area contributed by atoms with Gasteiger partial charge in [0, 0.05) is 39.3 Å². The standard InChI is InChI=1S/C25H29N5O7S3/c1-13-5-8-18(28-30(13)36)38-11-14-12-39-22-19(21(32)29(22)20(14)23(33)34)27-17(31)9-15-6-7-16(40-15)10-26-24(35)37-25(2,3)4/h5-8,19,22H,9-12H2,1-4H3,(H,26,35)(H,27,31)(H,33,34)/t19-,22+/m1/s1. The summed E-state index contributed by atoms with van der Waals surface area (Å²) < 4.78 is 5.21. The van der Waals surface area contributed by atoms with Crippen LogP contribution >= 0.6 is 34.9 Å². The number of ether oxygens (including phenoxy) is 1. The van der Waals surface area contributed by atoms with E-state index in [2.05, 4.69) is 15.7 Å². The third-order valence-electron chi connectivity index (χ3n) is 5.78. The van der Waals surface area contributed by atoms with Gasteiger partial charge in [0.15, 0.2) is 5.03 Å². The highest BCUT2D eigenvalue weighted by atomic mass is 32.2. The van der Waals surface area contributed by atoms with Gasteiger partial charge in [-0.05, 0) is 44.5 Å². The highest BCUT2D eigenvalue weighted by Crippen LogP contribution is 2.41. The van der Waals surface area contributed by atoms with Gasteiger partial charge < -0.3 is 25.7 Å². The van der Waals surface area contributed by atoms with Crippen LogP contribution in [0.4, 0.5) is 4.79 Å². The molecule has 1 fully saturated rings. The lowest BCUT2D eigenvalue weighted by Gasteiger charge is -2.49. The molecule has 12 nitrogen and oxygen atoms in total. The fraction of sp³-hybridized carbons (Fsp3) is 0.440. The van der Waals surface area contributed by atoms with Crippen LogP contribution < -0.4 is 15.5 Å². The molecule has 1 saturated heterocycles. The van der Waals surface area contributed by atoms with E-state index in [4.69, 9.17) is 4.74 Å². The Morgan fingerprint density at radius 2 is 1.98 bits per heavy atom. The number of nitrogens with zero attached hydrogens (tertiary/aromatic N) is 3. The number of carbonyl (C=O) groups excluding carboxylic acids is 3.